The molecule has 3 saturated heterocycles. The normalized spacial score (nSPS) is 20.0. The van der Waals surface area contributed by atoms with E-state index in [0.29, 0.717) is 42.5 Å². The van der Waals surface area contributed by atoms with Gasteiger partial charge in [0.15, 0.2) is 0 Å². The van der Waals surface area contributed by atoms with Crippen LogP contribution in [0.15, 0.2) is 47.4 Å². The molecule has 1 atom stereocenters. The molecule has 3 aliphatic rings. The SMILES string of the molecule is CC(=O)NC[C@H]1CN(c2ccc(N3CCN(c4ccc(/C=C5/SC(=S)N(CC(=O)O)C5=O)cc4)CC3)c(F)c2)C(=O)O1. The Kier molecular flexibility index (Phi) is 8.64. The van der Waals surface area contributed by atoms with Gasteiger partial charge < -0.3 is 25.0 Å². The van der Waals surface area contributed by atoms with Crippen molar-refractivity contribution in [3.63, 3.8) is 0 Å². The van der Waals surface area contributed by atoms with E-state index in [2.05, 4.69) is 10.2 Å². The molecule has 2 N–H and O–H groups in total. The van der Waals surface area contributed by atoms with E-state index < -0.39 is 36.4 Å². The van der Waals surface area contributed by atoms with Gasteiger partial charge in [-0.1, -0.05) is 36.1 Å². The van der Waals surface area contributed by atoms with Crippen LogP contribution in [0.3, 0.4) is 0 Å². The Bertz CT molecular complexity index is 1460. The summed E-state index contributed by atoms with van der Waals surface area (Å²) in [6, 6.07) is 12.4. The minimum atomic E-state index is -1.13. The lowest BCUT2D eigenvalue weighted by Gasteiger charge is -2.37. The Morgan fingerprint density at radius 2 is 1.76 bits per heavy atom. The quantitative estimate of drug-likeness (QED) is 0.340. The van der Waals surface area contributed by atoms with Crippen molar-refractivity contribution in [1.29, 1.82) is 0 Å². The van der Waals surface area contributed by atoms with Crippen LogP contribution in [0.2, 0.25) is 0 Å². The first-order valence-electron chi connectivity index (χ1n) is 13.2. The molecule has 2 aromatic carbocycles. The van der Waals surface area contributed by atoms with Gasteiger partial charge in [-0.3, -0.25) is 24.2 Å². The standard InChI is InChI=1S/C28H28FN5O6S2/c1-17(35)30-14-21-15-33(27(39)40-21)20-6-7-23(22(29)13-20)32-10-8-31(9-11-32)19-4-2-18(3-5-19)12-24-26(38)34(16-25(36)37)28(41)42-24/h2-7,12-13,21H,8-11,14-16H2,1H3,(H,30,35)(H,36,37)/b24-12+/t21-/m0/s1. The third-order valence-electron chi connectivity index (χ3n) is 7.04. The molecule has 2 aromatic rings. The number of hydrogen-bond acceptors (Lipinski definition) is 9. The summed E-state index contributed by atoms with van der Waals surface area (Å²) in [5.74, 6) is -2.19. The number of carbonyl (C=O) groups excluding carboxylic acids is 3. The molecule has 220 valence electrons. The maximum absolute atomic E-state index is 15.2. The largest absolute Gasteiger partial charge is 0.480 e. The van der Waals surface area contributed by atoms with E-state index in [9.17, 15) is 19.2 Å². The third-order valence-corrected chi connectivity index (χ3v) is 8.42. The molecule has 0 aromatic heterocycles. The Morgan fingerprint density at radius 3 is 2.40 bits per heavy atom. The topological polar surface area (TPSA) is 123 Å². The van der Waals surface area contributed by atoms with Crippen molar-refractivity contribution in [2.24, 2.45) is 0 Å². The van der Waals surface area contributed by atoms with Gasteiger partial charge in [0.25, 0.3) is 5.91 Å². The van der Waals surface area contributed by atoms with E-state index in [0.717, 1.165) is 27.9 Å². The van der Waals surface area contributed by atoms with Gasteiger partial charge >= 0.3 is 12.1 Å². The highest BCUT2D eigenvalue weighted by atomic mass is 32.2. The summed E-state index contributed by atoms with van der Waals surface area (Å²) in [6.45, 7) is 3.85. The first-order chi connectivity index (χ1) is 20.1. The zero-order chi connectivity index (χ0) is 30.0. The first kappa shape index (κ1) is 29.3. The summed E-state index contributed by atoms with van der Waals surface area (Å²) >= 11 is 6.22. The molecule has 42 heavy (non-hydrogen) atoms. The van der Waals surface area contributed by atoms with E-state index >= 15 is 4.39 Å². The molecule has 14 heteroatoms. The van der Waals surface area contributed by atoms with Crippen molar-refractivity contribution in [3.8, 4) is 0 Å². The van der Waals surface area contributed by atoms with Crippen LogP contribution < -0.4 is 20.0 Å². The Labute approximate surface area is 250 Å². The summed E-state index contributed by atoms with van der Waals surface area (Å²) in [6.07, 6.45) is 0.616. The lowest BCUT2D eigenvalue weighted by atomic mass is 10.1. The zero-order valence-corrected chi connectivity index (χ0v) is 24.3. The molecule has 3 heterocycles. The highest BCUT2D eigenvalue weighted by Crippen LogP contribution is 2.33. The number of nitrogens with one attached hydrogen (secondary N) is 1. The maximum Gasteiger partial charge on any atom is 0.414 e. The molecule has 0 spiro atoms. The van der Waals surface area contributed by atoms with Gasteiger partial charge in [0.1, 0.15) is 22.8 Å². The number of aliphatic carboxylic acids is 1. The highest BCUT2D eigenvalue weighted by Gasteiger charge is 2.34. The lowest BCUT2D eigenvalue weighted by molar-refractivity contribution is -0.140. The number of cyclic esters (lactones) is 1. The molecule has 3 fully saturated rings. The Morgan fingerprint density at radius 1 is 1.10 bits per heavy atom. The zero-order valence-electron chi connectivity index (χ0n) is 22.6. The second kappa shape index (κ2) is 12.4. The van der Waals surface area contributed by atoms with E-state index in [-0.39, 0.29) is 23.3 Å². The second-order valence-corrected chi connectivity index (χ2v) is 11.6. The number of benzene rings is 2. The number of anilines is 3. The summed E-state index contributed by atoms with van der Waals surface area (Å²) in [4.78, 5) is 53.9. The minimum Gasteiger partial charge on any atom is -0.480 e. The molecule has 0 saturated carbocycles. The lowest BCUT2D eigenvalue weighted by Crippen LogP contribution is -2.46. The smallest absolute Gasteiger partial charge is 0.414 e. The van der Waals surface area contributed by atoms with Crippen molar-refractivity contribution in [2.45, 2.75) is 13.0 Å². The third kappa shape index (κ3) is 6.49. The van der Waals surface area contributed by atoms with Crippen molar-refractivity contribution in [1.82, 2.24) is 10.2 Å². The number of hydrogen-bond donors (Lipinski definition) is 2. The summed E-state index contributed by atoms with van der Waals surface area (Å²) in [5, 5.41) is 11.6. The van der Waals surface area contributed by atoms with E-state index in [1.165, 1.54) is 17.9 Å². The molecule has 0 aliphatic carbocycles. The predicted molar refractivity (Wildman–Crippen MR) is 161 cm³/mol. The van der Waals surface area contributed by atoms with Gasteiger partial charge in [-0.25, -0.2) is 9.18 Å². The van der Waals surface area contributed by atoms with Crippen LogP contribution in [0.1, 0.15) is 12.5 Å². The Hall–Kier alpha value is -4.17. The van der Waals surface area contributed by atoms with E-state index in [1.54, 1.807) is 18.2 Å². The fourth-order valence-corrected chi connectivity index (χ4v) is 6.18. The van der Waals surface area contributed by atoms with Crippen molar-refractivity contribution >= 4 is 75.3 Å². The Balaban J connectivity index is 1.17. The van der Waals surface area contributed by atoms with Gasteiger partial charge in [0.2, 0.25) is 5.91 Å². The average molecular weight is 614 g/mol. The van der Waals surface area contributed by atoms with Gasteiger partial charge in [-0.2, -0.15) is 0 Å². The molecular weight excluding hydrogens is 585 g/mol. The first-order valence-corrected chi connectivity index (χ1v) is 14.4. The van der Waals surface area contributed by atoms with Crippen molar-refractivity contribution < 1.29 is 33.4 Å². The van der Waals surface area contributed by atoms with Crippen LogP contribution in [0.5, 0.6) is 0 Å². The molecule has 0 unspecified atom stereocenters. The van der Waals surface area contributed by atoms with E-state index in [4.69, 9.17) is 22.1 Å². The van der Waals surface area contributed by atoms with Crippen LogP contribution >= 0.6 is 24.0 Å². The van der Waals surface area contributed by atoms with Gasteiger partial charge in [-0.15, -0.1) is 0 Å². The fourth-order valence-electron chi connectivity index (χ4n) is 4.93. The van der Waals surface area contributed by atoms with Crippen LogP contribution in [0.4, 0.5) is 26.2 Å². The number of amides is 3. The second-order valence-electron chi connectivity index (χ2n) is 9.92. The monoisotopic (exact) mass is 613 g/mol. The van der Waals surface area contributed by atoms with Crippen LogP contribution in [0.25, 0.3) is 6.08 Å². The molecular formula is C28H28FN5O6S2. The number of rotatable bonds is 8. The summed E-state index contributed by atoms with van der Waals surface area (Å²) < 4.78 is 20.7. The number of carboxylic acids is 1. The van der Waals surface area contributed by atoms with Gasteiger partial charge in [0, 0.05) is 38.8 Å². The number of carbonyl (C=O) groups is 4. The van der Waals surface area contributed by atoms with Gasteiger partial charge in [0.05, 0.1) is 29.4 Å². The van der Waals surface area contributed by atoms with Crippen LogP contribution in [-0.4, -0.2) is 90.1 Å². The minimum absolute atomic E-state index is 0.198. The van der Waals surface area contributed by atoms with Crippen molar-refractivity contribution in [3.05, 3.63) is 58.8 Å². The molecule has 0 bridgehead atoms. The fraction of sp³-hybridized carbons (Fsp3) is 0.321. The van der Waals surface area contributed by atoms with Crippen molar-refractivity contribution in [2.75, 3.05) is 60.5 Å². The number of nitrogens with zero attached hydrogens (tertiary/aromatic N) is 4. The number of ether oxygens (including phenoxy) is 1. The van der Waals surface area contributed by atoms with Crippen LogP contribution in [0, 0.1) is 5.82 Å². The molecule has 5 rings (SSSR count). The number of halogens is 1. The molecule has 3 aliphatic heterocycles. The molecule has 0 radical (unpaired) electrons. The van der Waals surface area contributed by atoms with Gasteiger partial charge in [-0.05, 0) is 42.0 Å². The number of piperazine rings is 1. The van der Waals surface area contributed by atoms with Crippen LogP contribution in [-0.2, 0) is 19.1 Å². The molecule has 11 nitrogen and oxygen atoms in total. The molecule has 3 amide bonds. The predicted octanol–water partition coefficient (Wildman–Crippen LogP) is 2.90. The number of thiocarbonyl (C=S) groups is 1. The highest BCUT2D eigenvalue weighted by molar-refractivity contribution is 8.26. The summed E-state index contributed by atoms with van der Waals surface area (Å²) in [7, 11) is 0. The number of carboxylic acid groups (broad SMARTS) is 1. The average Bonchev–Trinajstić information content (AvgIpc) is 3.46. The summed E-state index contributed by atoms with van der Waals surface area (Å²) in [5.41, 5.74) is 2.63. The maximum atomic E-state index is 15.2. The van der Waals surface area contributed by atoms with E-state index in [1.807, 2.05) is 29.2 Å². The number of thioether (sulfide) groups is 1.